The van der Waals surface area contributed by atoms with Crippen molar-refractivity contribution in [2.75, 3.05) is 16.8 Å². The molecule has 6 heteroatoms. The molecule has 1 unspecified atom stereocenters. The number of rotatable bonds is 7. The van der Waals surface area contributed by atoms with Gasteiger partial charge in [0.15, 0.2) is 0 Å². The van der Waals surface area contributed by atoms with Crippen LogP contribution in [-0.4, -0.2) is 22.5 Å². The first kappa shape index (κ1) is 15.1. The molecule has 0 bridgehead atoms. The SMILES string of the molecule is CCSCCC(C)Nc1cc(Cl)ccc1[N+](=O)[O-]. The summed E-state index contributed by atoms with van der Waals surface area (Å²) in [5.41, 5.74) is 0.552. The van der Waals surface area contributed by atoms with Gasteiger partial charge in [-0.1, -0.05) is 18.5 Å². The Hall–Kier alpha value is -0.940. The van der Waals surface area contributed by atoms with Crippen LogP contribution in [0, 0.1) is 10.1 Å². The Labute approximate surface area is 116 Å². The summed E-state index contributed by atoms with van der Waals surface area (Å²) in [6, 6.07) is 4.74. The van der Waals surface area contributed by atoms with E-state index in [1.807, 2.05) is 18.7 Å². The molecule has 0 radical (unpaired) electrons. The van der Waals surface area contributed by atoms with Crippen molar-refractivity contribution in [3.63, 3.8) is 0 Å². The van der Waals surface area contributed by atoms with Gasteiger partial charge in [-0.25, -0.2) is 0 Å². The molecule has 1 atom stereocenters. The van der Waals surface area contributed by atoms with Crippen LogP contribution >= 0.6 is 23.4 Å². The lowest BCUT2D eigenvalue weighted by molar-refractivity contribution is -0.384. The van der Waals surface area contributed by atoms with Crippen molar-refractivity contribution in [2.24, 2.45) is 0 Å². The van der Waals surface area contributed by atoms with Crippen LogP contribution in [0.2, 0.25) is 5.02 Å². The van der Waals surface area contributed by atoms with Gasteiger partial charge in [-0.05, 0) is 37.0 Å². The highest BCUT2D eigenvalue weighted by Crippen LogP contribution is 2.28. The Morgan fingerprint density at radius 1 is 1.56 bits per heavy atom. The van der Waals surface area contributed by atoms with Gasteiger partial charge < -0.3 is 5.32 Å². The van der Waals surface area contributed by atoms with E-state index in [0.717, 1.165) is 17.9 Å². The van der Waals surface area contributed by atoms with E-state index in [2.05, 4.69) is 12.2 Å². The molecule has 0 aliphatic rings. The third-order valence-corrected chi connectivity index (χ3v) is 3.62. The highest BCUT2D eigenvalue weighted by Gasteiger charge is 2.15. The van der Waals surface area contributed by atoms with Crippen LogP contribution < -0.4 is 5.32 Å². The molecule has 100 valence electrons. The maximum atomic E-state index is 10.9. The summed E-state index contributed by atoms with van der Waals surface area (Å²) < 4.78 is 0. The molecule has 0 saturated carbocycles. The first-order valence-electron chi connectivity index (χ1n) is 5.82. The molecule has 1 aromatic carbocycles. The molecule has 0 fully saturated rings. The number of anilines is 1. The van der Waals surface area contributed by atoms with Gasteiger partial charge in [0.25, 0.3) is 5.69 Å². The predicted molar refractivity (Wildman–Crippen MR) is 78.8 cm³/mol. The van der Waals surface area contributed by atoms with Crippen molar-refractivity contribution < 1.29 is 4.92 Å². The van der Waals surface area contributed by atoms with Crippen molar-refractivity contribution in [3.05, 3.63) is 33.3 Å². The zero-order chi connectivity index (χ0) is 13.5. The molecule has 18 heavy (non-hydrogen) atoms. The number of benzene rings is 1. The van der Waals surface area contributed by atoms with Crippen LogP contribution in [0.3, 0.4) is 0 Å². The third-order valence-electron chi connectivity index (χ3n) is 2.46. The van der Waals surface area contributed by atoms with Gasteiger partial charge in [-0.15, -0.1) is 0 Å². The average molecular weight is 289 g/mol. The van der Waals surface area contributed by atoms with Crippen molar-refractivity contribution in [2.45, 2.75) is 26.3 Å². The van der Waals surface area contributed by atoms with Crippen molar-refractivity contribution in [1.82, 2.24) is 0 Å². The summed E-state index contributed by atoms with van der Waals surface area (Å²) in [7, 11) is 0. The second kappa shape index (κ2) is 7.48. The topological polar surface area (TPSA) is 55.2 Å². The fourth-order valence-corrected chi connectivity index (χ4v) is 2.51. The van der Waals surface area contributed by atoms with E-state index in [-0.39, 0.29) is 11.7 Å². The monoisotopic (exact) mass is 288 g/mol. The molecule has 0 heterocycles. The second-order valence-corrected chi connectivity index (χ2v) is 5.78. The third kappa shape index (κ3) is 4.74. The van der Waals surface area contributed by atoms with Gasteiger partial charge in [0, 0.05) is 17.1 Å². The van der Waals surface area contributed by atoms with Crippen LogP contribution in [0.1, 0.15) is 20.3 Å². The largest absolute Gasteiger partial charge is 0.377 e. The number of hydrogen-bond donors (Lipinski definition) is 1. The van der Waals surface area contributed by atoms with Gasteiger partial charge in [-0.3, -0.25) is 10.1 Å². The predicted octanol–water partition coefficient (Wildman–Crippen LogP) is 4.19. The van der Waals surface area contributed by atoms with Crippen molar-refractivity contribution in [1.29, 1.82) is 0 Å². The lowest BCUT2D eigenvalue weighted by Gasteiger charge is -2.15. The number of halogens is 1. The smallest absolute Gasteiger partial charge is 0.292 e. The molecule has 0 aliphatic carbocycles. The maximum Gasteiger partial charge on any atom is 0.292 e. The minimum Gasteiger partial charge on any atom is -0.377 e. The zero-order valence-electron chi connectivity index (χ0n) is 10.5. The number of nitrogens with zero attached hydrogens (tertiary/aromatic N) is 1. The summed E-state index contributed by atoms with van der Waals surface area (Å²) in [5, 5.41) is 14.5. The quantitative estimate of drug-likeness (QED) is 0.464. The zero-order valence-corrected chi connectivity index (χ0v) is 12.1. The summed E-state index contributed by atoms with van der Waals surface area (Å²) in [6.45, 7) is 4.13. The molecule has 0 amide bonds. The van der Waals surface area contributed by atoms with Crippen LogP contribution in [0.4, 0.5) is 11.4 Å². The molecule has 0 saturated heterocycles. The number of thioether (sulfide) groups is 1. The van der Waals surface area contributed by atoms with Gasteiger partial charge in [-0.2, -0.15) is 11.8 Å². The average Bonchev–Trinajstić information content (AvgIpc) is 2.29. The number of nitro groups is 1. The van der Waals surface area contributed by atoms with E-state index in [1.54, 1.807) is 6.07 Å². The van der Waals surface area contributed by atoms with E-state index >= 15 is 0 Å². The lowest BCUT2D eigenvalue weighted by atomic mass is 10.2. The Morgan fingerprint density at radius 2 is 2.28 bits per heavy atom. The van der Waals surface area contributed by atoms with Crippen LogP contribution in [0.25, 0.3) is 0 Å². The Kier molecular flexibility index (Phi) is 6.29. The molecule has 1 aromatic rings. The minimum atomic E-state index is -0.397. The summed E-state index contributed by atoms with van der Waals surface area (Å²) in [5.74, 6) is 2.13. The molecule has 0 spiro atoms. The van der Waals surface area contributed by atoms with Gasteiger partial charge in [0.1, 0.15) is 5.69 Å². The van der Waals surface area contributed by atoms with Crippen LogP contribution in [-0.2, 0) is 0 Å². The van der Waals surface area contributed by atoms with Crippen molar-refractivity contribution in [3.8, 4) is 0 Å². The van der Waals surface area contributed by atoms with E-state index in [9.17, 15) is 10.1 Å². The van der Waals surface area contributed by atoms with Crippen LogP contribution in [0.15, 0.2) is 18.2 Å². The Bertz CT molecular complexity index is 415. The van der Waals surface area contributed by atoms with Crippen LogP contribution in [0.5, 0.6) is 0 Å². The maximum absolute atomic E-state index is 10.9. The molecular weight excluding hydrogens is 272 g/mol. The lowest BCUT2D eigenvalue weighted by Crippen LogP contribution is -2.16. The Balaban J connectivity index is 2.70. The number of nitro benzene ring substituents is 1. The van der Waals surface area contributed by atoms with E-state index in [1.165, 1.54) is 12.1 Å². The molecule has 0 aromatic heterocycles. The van der Waals surface area contributed by atoms with Crippen molar-refractivity contribution >= 4 is 34.7 Å². The van der Waals surface area contributed by atoms with E-state index in [0.29, 0.717) is 10.7 Å². The molecule has 0 aliphatic heterocycles. The fraction of sp³-hybridized carbons (Fsp3) is 0.500. The molecular formula is C12H17ClN2O2S. The Morgan fingerprint density at radius 3 is 2.89 bits per heavy atom. The standard InChI is InChI=1S/C12H17ClN2O2S/c1-3-18-7-6-9(2)14-11-8-10(13)4-5-12(11)15(16)17/h4-5,8-9,14H,3,6-7H2,1-2H3. The number of nitrogens with one attached hydrogen (secondary N) is 1. The highest BCUT2D eigenvalue weighted by molar-refractivity contribution is 7.99. The normalized spacial score (nSPS) is 12.2. The summed E-state index contributed by atoms with van der Waals surface area (Å²) >= 11 is 7.73. The van der Waals surface area contributed by atoms with Gasteiger partial charge in [0.05, 0.1) is 4.92 Å². The van der Waals surface area contributed by atoms with Gasteiger partial charge >= 0.3 is 0 Å². The molecule has 1 rings (SSSR count). The second-order valence-electron chi connectivity index (χ2n) is 3.95. The first-order chi connectivity index (χ1) is 8.54. The molecule has 1 N–H and O–H groups in total. The fourth-order valence-electron chi connectivity index (χ4n) is 1.53. The van der Waals surface area contributed by atoms with E-state index in [4.69, 9.17) is 11.6 Å². The first-order valence-corrected chi connectivity index (χ1v) is 7.36. The number of hydrogen-bond acceptors (Lipinski definition) is 4. The highest BCUT2D eigenvalue weighted by atomic mass is 35.5. The molecule has 4 nitrogen and oxygen atoms in total. The minimum absolute atomic E-state index is 0.0643. The summed E-state index contributed by atoms with van der Waals surface area (Å²) in [4.78, 5) is 10.5. The summed E-state index contributed by atoms with van der Waals surface area (Å²) in [6.07, 6.45) is 0.960. The van der Waals surface area contributed by atoms with Gasteiger partial charge in [0.2, 0.25) is 0 Å². The van der Waals surface area contributed by atoms with E-state index < -0.39 is 4.92 Å².